The summed E-state index contributed by atoms with van der Waals surface area (Å²) < 4.78 is 2.18. The number of nitrogens with zero attached hydrogens (tertiary/aromatic N) is 2. The zero-order chi connectivity index (χ0) is 14.9. The van der Waals surface area contributed by atoms with Gasteiger partial charge in [0.2, 0.25) is 5.95 Å². The monoisotopic (exact) mass is 271 g/mol. The summed E-state index contributed by atoms with van der Waals surface area (Å²) in [6.07, 6.45) is 2.09. The van der Waals surface area contributed by atoms with Crippen molar-refractivity contribution in [3.05, 3.63) is 41.7 Å². The quantitative estimate of drug-likeness (QED) is 0.868. The van der Waals surface area contributed by atoms with E-state index in [2.05, 4.69) is 79.9 Å². The van der Waals surface area contributed by atoms with Crippen LogP contribution in [-0.4, -0.2) is 9.55 Å². The van der Waals surface area contributed by atoms with E-state index in [1.54, 1.807) is 0 Å². The molecule has 1 N–H and O–H groups in total. The first kappa shape index (κ1) is 14.6. The number of nitrogens with one attached hydrogen (secondary N) is 1. The van der Waals surface area contributed by atoms with Crippen molar-refractivity contribution in [1.29, 1.82) is 0 Å². The van der Waals surface area contributed by atoms with Gasteiger partial charge >= 0.3 is 0 Å². The lowest BCUT2D eigenvalue weighted by Crippen LogP contribution is -2.14. The van der Waals surface area contributed by atoms with Gasteiger partial charge in [0.15, 0.2) is 0 Å². The zero-order valence-corrected chi connectivity index (χ0v) is 13.4. The van der Waals surface area contributed by atoms with E-state index in [0.29, 0.717) is 6.04 Å². The highest BCUT2D eigenvalue weighted by atomic mass is 15.2. The van der Waals surface area contributed by atoms with Crippen LogP contribution >= 0.6 is 0 Å². The van der Waals surface area contributed by atoms with Crippen LogP contribution in [0.15, 0.2) is 30.5 Å². The van der Waals surface area contributed by atoms with Crippen molar-refractivity contribution in [3.63, 3.8) is 0 Å². The number of anilines is 2. The molecule has 108 valence electrons. The molecule has 2 rings (SSSR count). The molecule has 0 aliphatic carbocycles. The molecule has 1 heterocycles. The Balaban J connectivity index is 2.41. The van der Waals surface area contributed by atoms with Crippen molar-refractivity contribution in [3.8, 4) is 0 Å². The highest BCUT2D eigenvalue weighted by molar-refractivity contribution is 5.61. The van der Waals surface area contributed by atoms with E-state index < -0.39 is 0 Å². The second-order valence-corrected chi connectivity index (χ2v) is 6.63. The highest BCUT2D eigenvalue weighted by Gasteiger charge is 2.18. The molecular formula is C17H25N3. The Hall–Kier alpha value is -1.77. The van der Waals surface area contributed by atoms with Gasteiger partial charge in [0.25, 0.3) is 0 Å². The van der Waals surface area contributed by atoms with E-state index in [1.807, 2.05) is 6.92 Å². The van der Waals surface area contributed by atoms with Crippen LogP contribution in [0.2, 0.25) is 0 Å². The molecule has 3 nitrogen and oxygen atoms in total. The number of benzene rings is 1. The fourth-order valence-electron chi connectivity index (χ4n) is 2.37. The summed E-state index contributed by atoms with van der Waals surface area (Å²) in [5.41, 5.74) is 3.58. The van der Waals surface area contributed by atoms with Crippen LogP contribution < -0.4 is 5.32 Å². The van der Waals surface area contributed by atoms with Crippen molar-refractivity contribution in [2.75, 3.05) is 5.32 Å². The van der Waals surface area contributed by atoms with Crippen LogP contribution in [0.1, 0.15) is 51.9 Å². The second-order valence-electron chi connectivity index (χ2n) is 6.63. The molecule has 0 aliphatic heterocycles. The molecule has 1 aromatic carbocycles. The lowest BCUT2D eigenvalue weighted by molar-refractivity contribution is 0.590. The average Bonchev–Trinajstić information content (AvgIpc) is 2.70. The third-order valence-electron chi connectivity index (χ3n) is 3.39. The van der Waals surface area contributed by atoms with Gasteiger partial charge in [0, 0.05) is 17.9 Å². The summed E-state index contributed by atoms with van der Waals surface area (Å²) in [7, 11) is 0. The van der Waals surface area contributed by atoms with Crippen LogP contribution in [0, 0.1) is 6.92 Å². The molecule has 0 radical (unpaired) electrons. The van der Waals surface area contributed by atoms with Crippen LogP contribution in [0.5, 0.6) is 0 Å². The molecule has 0 saturated heterocycles. The Morgan fingerprint density at radius 2 is 1.80 bits per heavy atom. The Morgan fingerprint density at radius 1 is 1.15 bits per heavy atom. The van der Waals surface area contributed by atoms with Crippen molar-refractivity contribution in [2.45, 2.75) is 53.0 Å². The number of para-hydroxylation sites is 1. The zero-order valence-electron chi connectivity index (χ0n) is 13.4. The van der Waals surface area contributed by atoms with E-state index in [4.69, 9.17) is 0 Å². The predicted octanol–water partition coefficient (Wildman–Crippen LogP) is 4.81. The molecule has 0 bridgehead atoms. The number of aryl methyl sites for hydroxylation is 1. The van der Waals surface area contributed by atoms with Gasteiger partial charge in [-0.05, 0) is 37.8 Å². The standard InChI is InChI=1S/C17H25N3/c1-12(2)20-11-13(3)18-16(20)19-15-10-8-7-9-14(15)17(4,5)6/h7-12H,1-6H3,(H,18,19). The molecule has 0 fully saturated rings. The molecule has 0 unspecified atom stereocenters. The van der Waals surface area contributed by atoms with Gasteiger partial charge in [-0.1, -0.05) is 39.0 Å². The first-order chi connectivity index (χ1) is 9.29. The Labute approximate surface area is 122 Å². The summed E-state index contributed by atoms with van der Waals surface area (Å²) in [6.45, 7) is 13.1. The molecule has 0 spiro atoms. The summed E-state index contributed by atoms with van der Waals surface area (Å²) in [5, 5.41) is 3.50. The maximum atomic E-state index is 4.60. The fourth-order valence-corrected chi connectivity index (χ4v) is 2.37. The molecule has 0 amide bonds. The minimum Gasteiger partial charge on any atom is -0.325 e. The lowest BCUT2D eigenvalue weighted by atomic mass is 9.86. The molecule has 20 heavy (non-hydrogen) atoms. The van der Waals surface area contributed by atoms with Crippen molar-refractivity contribution < 1.29 is 0 Å². The van der Waals surface area contributed by atoms with Crippen LogP contribution in [0.3, 0.4) is 0 Å². The minimum atomic E-state index is 0.105. The SMILES string of the molecule is Cc1cn(C(C)C)c(Nc2ccccc2C(C)(C)C)n1. The predicted molar refractivity (Wildman–Crippen MR) is 85.8 cm³/mol. The van der Waals surface area contributed by atoms with Gasteiger partial charge in [-0.3, -0.25) is 0 Å². The van der Waals surface area contributed by atoms with Crippen molar-refractivity contribution >= 4 is 11.6 Å². The third kappa shape index (κ3) is 3.03. The number of hydrogen-bond acceptors (Lipinski definition) is 2. The number of imidazole rings is 1. The molecule has 3 heteroatoms. The van der Waals surface area contributed by atoms with Crippen LogP contribution in [-0.2, 0) is 5.41 Å². The van der Waals surface area contributed by atoms with Gasteiger partial charge < -0.3 is 9.88 Å². The van der Waals surface area contributed by atoms with E-state index in [0.717, 1.165) is 17.3 Å². The molecule has 0 atom stereocenters. The van der Waals surface area contributed by atoms with Gasteiger partial charge in [-0.15, -0.1) is 0 Å². The first-order valence-electron chi connectivity index (χ1n) is 7.21. The number of aromatic nitrogens is 2. The number of hydrogen-bond donors (Lipinski definition) is 1. The Bertz CT molecular complexity index is 589. The van der Waals surface area contributed by atoms with Gasteiger partial charge in [-0.2, -0.15) is 0 Å². The molecular weight excluding hydrogens is 246 g/mol. The maximum absolute atomic E-state index is 4.60. The topological polar surface area (TPSA) is 29.9 Å². The van der Waals surface area contributed by atoms with E-state index in [-0.39, 0.29) is 5.41 Å². The van der Waals surface area contributed by atoms with Crippen LogP contribution in [0.25, 0.3) is 0 Å². The minimum absolute atomic E-state index is 0.105. The van der Waals surface area contributed by atoms with Gasteiger partial charge in [0.05, 0.1) is 5.69 Å². The summed E-state index contributed by atoms with van der Waals surface area (Å²) in [6, 6.07) is 8.84. The van der Waals surface area contributed by atoms with Crippen LogP contribution in [0.4, 0.5) is 11.6 Å². The summed E-state index contributed by atoms with van der Waals surface area (Å²) in [4.78, 5) is 4.60. The average molecular weight is 271 g/mol. The van der Waals surface area contributed by atoms with Crippen molar-refractivity contribution in [2.24, 2.45) is 0 Å². The summed E-state index contributed by atoms with van der Waals surface area (Å²) >= 11 is 0. The largest absolute Gasteiger partial charge is 0.325 e. The Kier molecular flexibility index (Phi) is 3.89. The first-order valence-corrected chi connectivity index (χ1v) is 7.21. The normalized spacial score (nSPS) is 11.9. The maximum Gasteiger partial charge on any atom is 0.207 e. The summed E-state index contributed by atoms with van der Waals surface area (Å²) in [5.74, 6) is 0.911. The molecule has 0 aliphatic rings. The molecule has 0 saturated carbocycles. The van der Waals surface area contributed by atoms with Gasteiger partial charge in [-0.25, -0.2) is 4.98 Å². The van der Waals surface area contributed by atoms with Crippen molar-refractivity contribution in [1.82, 2.24) is 9.55 Å². The molecule has 2 aromatic rings. The third-order valence-corrected chi connectivity index (χ3v) is 3.39. The lowest BCUT2D eigenvalue weighted by Gasteiger charge is -2.23. The highest BCUT2D eigenvalue weighted by Crippen LogP contribution is 2.31. The molecule has 1 aromatic heterocycles. The van der Waals surface area contributed by atoms with Gasteiger partial charge in [0.1, 0.15) is 0 Å². The van der Waals surface area contributed by atoms with E-state index in [9.17, 15) is 0 Å². The number of rotatable bonds is 3. The Morgan fingerprint density at radius 3 is 2.40 bits per heavy atom. The van der Waals surface area contributed by atoms with E-state index in [1.165, 1.54) is 5.56 Å². The second kappa shape index (κ2) is 5.31. The fraction of sp³-hybridized carbons (Fsp3) is 0.471. The smallest absolute Gasteiger partial charge is 0.207 e. The van der Waals surface area contributed by atoms with E-state index >= 15 is 0 Å².